The lowest BCUT2D eigenvalue weighted by molar-refractivity contribution is 0.253. The third-order valence-corrected chi connectivity index (χ3v) is 3.82. The van der Waals surface area contributed by atoms with E-state index in [1.807, 2.05) is 0 Å². The zero-order valence-corrected chi connectivity index (χ0v) is 9.14. The van der Waals surface area contributed by atoms with Gasteiger partial charge in [0.15, 0.2) is 0 Å². The topological polar surface area (TPSA) is 26.0 Å². The summed E-state index contributed by atoms with van der Waals surface area (Å²) < 4.78 is 0. The molecule has 0 saturated heterocycles. The predicted molar refractivity (Wildman–Crippen MR) is 60.5 cm³/mol. The standard InChI is InChI=1S/C13H19N/c1-10-4-5-12(8-11(10)2)13(9-14)6-3-7-13/h4-5,8H,3,6-7,9,14H2,1-2H3. The van der Waals surface area contributed by atoms with E-state index in [0.29, 0.717) is 5.41 Å². The predicted octanol–water partition coefficient (Wildman–Crippen LogP) is 2.68. The molecule has 0 unspecified atom stereocenters. The van der Waals surface area contributed by atoms with Crippen LogP contribution in [0.15, 0.2) is 18.2 Å². The second kappa shape index (κ2) is 3.39. The van der Waals surface area contributed by atoms with Crippen LogP contribution in [0.5, 0.6) is 0 Å². The van der Waals surface area contributed by atoms with E-state index >= 15 is 0 Å². The number of rotatable bonds is 2. The van der Waals surface area contributed by atoms with E-state index in [0.717, 1.165) is 6.54 Å². The van der Waals surface area contributed by atoms with E-state index in [9.17, 15) is 0 Å². The fourth-order valence-electron chi connectivity index (χ4n) is 2.29. The van der Waals surface area contributed by atoms with Crippen LogP contribution < -0.4 is 5.73 Å². The molecule has 0 bridgehead atoms. The number of hydrogen-bond acceptors (Lipinski definition) is 1. The minimum Gasteiger partial charge on any atom is -0.330 e. The summed E-state index contributed by atoms with van der Waals surface area (Å²) in [6.07, 6.45) is 3.88. The summed E-state index contributed by atoms with van der Waals surface area (Å²) in [5, 5.41) is 0. The van der Waals surface area contributed by atoms with Gasteiger partial charge in [0.05, 0.1) is 0 Å². The van der Waals surface area contributed by atoms with E-state index in [4.69, 9.17) is 5.73 Å². The normalized spacial score (nSPS) is 19.1. The summed E-state index contributed by atoms with van der Waals surface area (Å²) in [6, 6.07) is 6.80. The third kappa shape index (κ3) is 1.36. The molecule has 0 radical (unpaired) electrons. The number of nitrogens with two attached hydrogens (primary N) is 1. The Balaban J connectivity index is 2.36. The minimum atomic E-state index is 0.318. The van der Waals surface area contributed by atoms with Gasteiger partial charge in [0.1, 0.15) is 0 Å². The summed E-state index contributed by atoms with van der Waals surface area (Å²) >= 11 is 0. The highest BCUT2D eigenvalue weighted by atomic mass is 14.6. The molecule has 1 aliphatic rings. The van der Waals surface area contributed by atoms with Crippen LogP contribution in [-0.2, 0) is 5.41 Å². The van der Waals surface area contributed by atoms with Crippen molar-refractivity contribution in [2.75, 3.05) is 6.54 Å². The maximum atomic E-state index is 5.89. The van der Waals surface area contributed by atoms with Gasteiger partial charge in [-0.25, -0.2) is 0 Å². The molecule has 0 amide bonds. The van der Waals surface area contributed by atoms with Crippen molar-refractivity contribution < 1.29 is 0 Å². The van der Waals surface area contributed by atoms with Gasteiger partial charge in [0, 0.05) is 12.0 Å². The summed E-state index contributed by atoms with van der Waals surface area (Å²) in [6.45, 7) is 5.15. The summed E-state index contributed by atoms with van der Waals surface area (Å²) in [4.78, 5) is 0. The van der Waals surface area contributed by atoms with Crippen LogP contribution in [0.25, 0.3) is 0 Å². The van der Waals surface area contributed by atoms with Gasteiger partial charge in [-0.2, -0.15) is 0 Å². The van der Waals surface area contributed by atoms with E-state index in [1.54, 1.807) is 0 Å². The first-order valence-electron chi connectivity index (χ1n) is 5.46. The molecule has 1 aromatic carbocycles. The molecule has 0 aliphatic heterocycles. The van der Waals surface area contributed by atoms with Gasteiger partial charge in [-0.05, 0) is 43.4 Å². The van der Waals surface area contributed by atoms with Crippen molar-refractivity contribution in [1.82, 2.24) is 0 Å². The van der Waals surface area contributed by atoms with Gasteiger partial charge in [-0.15, -0.1) is 0 Å². The molecular formula is C13H19N. The van der Waals surface area contributed by atoms with Crippen LogP contribution >= 0.6 is 0 Å². The average molecular weight is 189 g/mol. The van der Waals surface area contributed by atoms with Gasteiger partial charge in [-0.3, -0.25) is 0 Å². The zero-order valence-electron chi connectivity index (χ0n) is 9.14. The summed E-state index contributed by atoms with van der Waals surface area (Å²) in [7, 11) is 0. The third-order valence-electron chi connectivity index (χ3n) is 3.82. The Labute approximate surface area is 86.3 Å². The molecule has 0 aromatic heterocycles. The quantitative estimate of drug-likeness (QED) is 0.760. The van der Waals surface area contributed by atoms with Crippen molar-refractivity contribution in [2.45, 2.75) is 38.5 Å². The Morgan fingerprint density at radius 2 is 1.93 bits per heavy atom. The molecule has 2 N–H and O–H groups in total. The van der Waals surface area contributed by atoms with Crippen molar-refractivity contribution >= 4 is 0 Å². The first-order chi connectivity index (χ1) is 6.68. The largest absolute Gasteiger partial charge is 0.330 e. The fourth-order valence-corrected chi connectivity index (χ4v) is 2.29. The highest BCUT2D eigenvalue weighted by Gasteiger charge is 2.37. The molecule has 1 saturated carbocycles. The van der Waals surface area contributed by atoms with Crippen LogP contribution in [0.3, 0.4) is 0 Å². The molecule has 14 heavy (non-hydrogen) atoms. The molecule has 0 atom stereocenters. The maximum absolute atomic E-state index is 5.89. The Morgan fingerprint density at radius 1 is 1.21 bits per heavy atom. The molecule has 0 spiro atoms. The fraction of sp³-hybridized carbons (Fsp3) is 0.538. The smallest absolute Gasteiger partial charge is 0.00756 e. The number of hydrogen-bond donors (Lipinski definition) is 1. The van der Waals surface area contributed by atoms with Crippen molar-refractivity contribution in [3.8, 4) is 0 Å². The molecule has 1 heteroatoms. The van der Waals surface area contributed by atoms with E-state index < -0.39 is 0 Å². The Morgan fingerprint density at radius 3 is 2.36 bits per heavy atom. The van der Waals surface area contributed by atoms with Crippen molar-refractivity contribution in [1.29, 1.82) is 0 Å². The number of aryl methyl sites for hydroxylation is 2. The van der Waals surface area contributed by atoms with Crippen LogP contribution in [0.2, 0.25) is 0 Å². The van der Waals surface area contributed by atoms with E-state index in [1.165, 1.54) is 36.0 Å². The number of benzene rings is 1. The molecule has 1 aliphatic carbocycles. The minimum absolute atomic E-state index is 0.318. The van der Waals surface area contributed by atoms with E-state index in [-0.39, 0.29) is 0 Å². The second-order valence-electron chi connectivity index (χ2n) is 4.64. The van der Waals surface area contributed by atoms with Crippen LogP contribution in [0.1, 0.15) is 36.0 Å². The first-order valence-corrected chi connectivity index (χ1v) is 5.46. The van der Waals surface area contributed by atoms with Gasteiger partial charge < -0.3 is 5.73 Å². The summed E-state index contributed by atoms with van der Waals surface area (Å²) in [5.74, 6) is 0. The Hall–Kier alpha value is -0.820. The zero-order chi connectivity index (χ0) is 10.2. The molecule has 1 nitrogen and oxygen atoms in total. The highest BCUT2D eigenvalue weighted by molar-refractivity contribution is 5.36. The molecular weight excluding hydrogens is 170 g/mol. The molecule has 0 heterocycles. The van der Waals surface area contributed by atoms with Gasteiger partial charge in [0.2, 0.25) is 0 Å². The van der Waals surface area contributed by atoms with Gasteiger partial charge >= 0.3 is 0 Å². The molecule has 1 aromatic rings. The maximum Gasteiger partial charge on any atom is 0.00756 e. The van der Waals surface area contributed by atoms with Gasteiger partial charge in [0.25, 0.3) is 0 Å². The monoisotopic (exact) mass is 189 g/mol. The van der Waals surface area contributed by atoms with E-state index in [2.05, 4.69) is 32.0 Å². The SMILES string of the molecule is Cc1ccc(C2(CN)CCC2)cc1C. The van der Waals surface area contributed by atoms with Crippen LogP contribution in [0.4, 0.5) is 0 Å². The van der Waals surface area contributed by atoms with Crippen LogP contribution in [-0.4, -0.2) is 6.54 Å². The molecule has 76 valence electrons. The molecule has 1 fully saturated rings. The second-order valence-corrected chi connectivity index (χ2v) is 4.64. The van der Waals surface area contributed by atoms with Crippen molar-refractivity contribution in [3.63, 3.8) is 0 Å². The summed E-state index contributed by atoms with van der Waals surface area (Å²) in [5.41, 5.74) is 10.4. The first kappa shape index (κ1) is 9.72. The lowest BCUT2D eigenvalue weighted by Crippen LogP contribution is -2.41. The lowest BCUT2D eigenvalue weighted by Gasteiger charge is -2.41. The van der Waals surface area contributed by atoms with Crippen molar-refractivity contribution in [3.05, 3.63) is 34.9 Å². The Bertz CT molecular complexity index is 332. The van der Waals surface area contributed by atoms with Crippen molar-refractivity contribution in [2.24, 2.45) is 5.73 Å². The van der Waals surface area contributed by atoms with Gasteiger partial charge in [-0.1, -0.05) is 24.6 Å². The average Bonchev–Trinajstić information content (AvgIpc) is 2.10. The Kier molecular flexibility index (Phi) is 2.36. The van der Waals surface area contributed by atoms with Crippen LogP contribution in [0, 0.1) is 13.8 Å². The lowest BCUT2D eigenvalue weighted by atomic mass is 9.64. The highest BCUT2D eigenvalue weighted by Crippen LogP contribution is 2.43. The molecule has 2 rings (SSSR count).